The maximum Gasteiger partial charge on any atom is 0.443 e. The molecular formula is C11H15F3N2S. The van der Waals surface area contributed by atoms with Crippen LogP contribution in [-0.4, -0.2) is 11.5 Å². The highest BCUT2D eigenvalue weighted by atomic mass is 32.1. The van der Waals surface area contributed by atoms with Crippen LogP contribution in [0.1, 0.15) is 35.7 Å². The van der Waals surface area contributed by atoms with Crippen LogP contribution in [0, 0.1) is 0 Å². The Hall–Kier alpha value is -0.880. The van der Waals surface area contributed by atoms with Crippen LogP contribution in [0.15, 0.2) is 18.9 Å². The fourth-order valence-corrected chi connectivity index (χ4v) is 2.24. The van der Waals surface area contributed by atoms with Gasteiger partial charge in [0.2, 0.25) is 0 Å². The summed E-state index contributed by atoms with van der Waals surface area (Å²) in [6.07, 6.45) is 0.162. The number of nitrogens with zero attached hydrogens (tertiary/aromatic N) is 1. The second-order valence-corrected chi connectivity index (χ2v) is 4.66. The van der Waals surface area contributed by atoms with Crippen LogP contribution in [0.25, 0.3) is 0 Å². The molecule has 0 fully saturated rings. The summed E-state index contributed by atoms with van der Waals surface area (Å²) in [7, 11) is 0. The summed E-state index contributed by atoms with van der Waals surface area (Å²) in [6.45, 7) is 6.38. The number of nitrogens with one attached hydrogen (secondary N) is 1. The van der Waals surface area contributed by atoms with Gasteiger partial charge in [-0.25, -0.2) is 4.98 Å². The van der Waals surface area contributed by atoms with Gasteiger partial charge < -0.3 is 5.32 Å². The summed E-state index contributed by atoms with van der Waals surface area (Å²) in [6, 6.07) is -0.124. The van der Waals surface area contributed by atoms with Gasteiger partial charge in [0, 0.05) is 17.1 Å². The smallest absolute Gasteiger partial charge is 0.309 e. The summed E-state index contributed by atoms with van der Waals surface area (Å²) in [4.78, 5) is 4.02. The van der Waals surface area contributed by atoms with Crippen molar-refractivity contribution in [1.82, 2.24) is 10.3 Å². The van der Waals surface area contributed by atoms with Crippen molar-refractivity contribution in [3.05, 3.63) is 28.7 Å². The lowest BCUT2D eigenvalue weighted by Crippen LogP contribution is -2.20. The summed E-state index contributed by atoms with van der Waals surface area (Å²) in [5, 5.41) is 2.39. The van der Waals surface area contributed by atoms with E-state index in [1.807, 2.05) is 6.92 Å². The molecule has 0 saturated heterocycles. The van der Waals surface area contributed by atoms with Crippen LogP contribution in [-0.2, 0) is 6.18 Å². The molecule has 2 nitrogen and oxygen atoms in total. The third-order valence-corrected chi connectivity index (χ3v) is 3.31. The molecule has 1 rings (SSSR count). The average molecular weight is 264 g/mol. The lowest BCUT2D eigenvalue weighted by Gasteiger charge is -2.14. The van der Waals surface area contributed by atoms with Gasteiger partial charge in [-0.3, -0.25) is 0 Å². The quantitative estimate of drug-likeness (QED) is 0.791. The fraction of sp³-hybridized carbons (Fsp3) is 0.545. The highest BCUT2D eigenvalue weighted by molar-refractivity contribution is 7.11. The molecule has 96 valence electrons. The van der Waals surface area contributed by atoms with Gasteiger partial charge in [0.05, 0.1) is 0 Å². The molecule has 0 radical (unpaired) electrons. The minimum atomic E-state index is -4.35. The second kappa shape index (κ2) is 6.16. The number of thiazole rings is 1. The molecule has 1 aromatic rings. The first-order valence-corrected chi connectivity index (χ1v) is 6.17. The Bertz CT molecular complexity index is 360. The lowest BCUT2D eigenvalue weighted by atomic mass is 10.2. The third kappa shape index (κ3) is 4.12. The molecule has 0 amide bonds. The van der Waals surface area contributed by atoms with E-state index in [0.29, 0.717) is 22.6 Å². The molecule has 0 bridgehead atoms. The molecule has 0 aliphatic rings. The van der Waals surface area contributed by atoms with Gasteiger partial charge in [0.15, 0.2) is 5.01 Å². The van der Waals surface area contributed by atoms with Crippen LogP contribution in [0.4, 0.5) is 13.2 Å². The number of halogens is 3. The van der Waals surface area contributed by atoms with Crippen molar-refractivity contribution in [3.8, 4) is 0 Å². The standard InChI is InChI=1S/C11H15F3N2S/c1-3-5-8(15-6-4-2)9-7-16-10(17-9)11(12,13)14/h3,7-8,15H,1,4-6H2,2H3. The monoisotopic (exact) mass is 264 g/mol. The third-order valence-electron chi connectivity index (χ3n) is 2.15. The van der Waals surface area contributed by atoms with E-state index in [2.05, 4.69) is 16.9 Å². The minimum Gasteiger partial charge on any atom is -0.309 e. The van der Waals surface area contributed by atoms with Crippen molar-refractivity contribution in [2.75, 3.05) is 6.54 Å². The molecule has 0 spiro atoms. The molecule has 0 aliphatic heterocycles. The Morgan fingerprint density at radius 1 is 1.59 bits per heavy atom. The molecule has 1 aromatic heterocycles. The Morgan fingerprint density at radius 3 is 2.76 bits per heavy atom. The highest BCUT2D eigenvalue weighted by Crippen LogP contribution is 2.35. The predicted octanol–water partition coefficient (Wildman–Crippen LogP) is 3.78. The predicted molar refractivity (Wildman–Crippen MR) is 63.0 cm³/mol. The van der Waals surface area contributed by atoms with Gasteiger partial charge in [0.1, 0.15) is 0 Å². The minimum absolute atomic E-state index is 0.124. The molecule has 0 aromatic carbocycles. The van der Waals surface area contributed by atoms with E-state index in [-0.39, 0.29) is 6.04 Å². The maximum absolute atomic E-state index is 12.4. The number of alkyl halides is 3. The Morgan fingerprint density at radius 2 is 2.29 bits per heavy atom. The Kier molecular flexibility index (Phi) is 5.14. The highest BCUT2D eigenvalue weighted by Gasteiger charge is 2.35. The normalized spacial score (nSPS) is 13.6. The van der Waals surface area contributed by atoms with E-state index in [0.717, 1.165) is 13.0 Å². The molecule has 17 heavy (non-hydrogen) atoms. The van der Waals surface area contributed by atoms with Crippen LogP contribution >= 0.6 is 11.3 Å². The maximum atomic E-state index is 12.4. The number of hydrogen-bond acceptors (Lipinski definition) is 3. The van der Waals surface area contributed by atoms with Crippen molar-refractivity contribution in [1.29, 1.82) is 0 Å². The van der Waals surface area contributed by atoms with E-state index >= 15 is 0 Å². The Labute approximate surface area is 103 Å². The van der Waals surface area contributed by atoms with Crippen LogP contribution in [0.2, 0.25) is 0 Å². The van der Waals surface area contributed by atoms with Gasteiger partial charge in [0.25, 0.3) is 0 Å². The lowest BCUT2D eigenvalue weighted by molar-refractivity contribution is -0.137. The zero-order valence-electron chi connectivity index (χ0n) is 9.55. The first-order valence-electron chi connectivity index (χ1n) is 5.36. The summed E-state index contributed by atoms with van der Waals surface area (Å²) < 4.78 is 37.2. The molecule has 1 N–H and O–H groups in total. The van der Waals surface area contributed by atoms with Crippen molar-refractivity contribution >= 4 is 11.3 Å². The zero-order valence-corrected chi connectivity index (χ0v) is 10.4. The molecule has 1 atom stereocenters. The average Bonchev–Trinajstić information content (AvgIpc) is 2.72. The van der Waals surface area contributed by atoms with E-state index in [9.17, 15) is 13.2 Å². The van der Waals surface area contributed by atoms with E-state index < -0.39 is 11.2 Å². The van der Waals surface area contributed by atoms with Crippen molar-refractivity contribution < 1.29 is 13.2 Å². The van der Waals surface area contributed by atoms with Gasteiger partial charge in [-0.2, -0.15) is 13.2 Å². The van der Waals surface area contributed by atoms with Crippen LogP contribution in [0.3, 0.4) is 0 Å². The van der Waals surface area contributed by atoms with Crippen molar-refractivity contribution in [2.45, 2.75) is 32.0 Å². The second-order valence-electron chi connectivity index (χ2n) is 3.60. The summed E-state index contributed by atoms with van der Waals surface area (Å²) >= 11 is 0.692. The summed E-state index contributed by atoms with van der Waals surface area (Å²) in [5.74, 6) is 0. The van der Waals surface area contributed by atoms with Gasteiger partial charge in [-0.1, -0.05) is 13.0 Å². The van der Waals surface area contributed by atoms with Crippen molar-refractivity contribution in [3.63, 3.8) is 0 Å². The molecule has 0 saturated carbocycles. The van der Waals surface area contributed by atoms with Crippen LogP contribution < -0.4 is 5.32 Å². The number of hydrogen-bond donors (Lipinski definition) is 1. The SMILES string of the molecule is C=CCC(NCCC)c1cnc(C(F)(F)F)s1. The van der Waals surface area contributed by atoms with E-state index in [1.54, 1.807) is 6.08 Å². The van der Waals surface area contributed by atoms with Crippen molar-refractivity contribution in [2.24, 2.45) is 0 Å². The first-order chi connectivity index (χ1) is 7.99. The summed E-state index contributed by atoms with van der Waals surface area (Å²) in [5.41, 5.74) is 0. The first kappa shape index (κ1) is 14.2. The number of aromatic nitrogens is 1. The topological polar surface area (TPSA) is 24.9 Å². The largest absolute Gasteiger partial charge is 0.443 e. The molecular weight excluding hydrogens is 249 g/mol. The molecule has 6 heteroatoms. The Balaban J connectivity index is 2.80. The molecule has 0 aliphatic carbocycles. The zero-order chi connectivity index (χ0) is 12.9. The van der Waals surface area contributed by atoms with Crippen LogP contribution in [0.5, 0.6) is 0 Å². The molecule has 1 heterocycles. The number of rotatable bonds is 6. The van der Waals surface area contributed by atoms with Gasteiger partial charge >= 0.3 is 6.18 Å². The van der Waals surface area contributed by atoms with Gasteiger partial charge in [-0.05, 0) is 19.4 Å². The van der Waals surface area contributed by atoms with E-state index in [1.165, 1.54) is 6.20 Å². The molecule has 1 unspecified atom stereocenters. The fourth-order valence-electron chi connectivity index (χ4n) is 1.36. The van der Waals surface area contributed by atoms with E-state index in [4.69, 9.17) is 0 Å². The van der Waals surface area contributed by atoms with Gasteiger partial charge in [-0.15, -0.1) is 17.9 Å².